The highest BCUT2D eigenvalue weighted by Crippen LogP contribution is 2.09. The van der Waals surface area contributed by atoms with Crippen molar-refractivity contribution in [3.8, 4) is 0 Å². The summed E-state index contributed by atoms with van der Waals surface area (Å²) in [6.45, 7) is 12.9. The number of alkyl carbamates (subject to hydrolysis) is 1. The van der Waals surface area contributed by atoms with E-state index >= 15 is 0 Å². The van der Waals surface area contributed by atoms with Crippen LogP contribution in [-0.4, -0.2) is 55.0 Å². The highest BCUT2D eigenvalue weighted by atomic mass is 16.6. The molecule has 0 radical (unpaired) electrons. The normalized spacial score (nSPS) is 22.0. The van der Waals surface area contributed by atoms with Crippen molar-refractivity contribution in [2.45, 2.75) is 52.4 Å². The van der Waals surface area contributed by atoms with E-state index in [1.807, 2.05) is 20.8 Å². The Hall–Kier alpha value is -0.810. The van der Waals surface area contributed by atoms with Gasteiger partial charge in [-0.05, 0) is 34.6 Å². The number of carbonyl (C=O) groups excluding carboxylic acids is 1. The van der Waals surface area contributed by atoms with Crippen molar-refractivity contribution < 1.29 is 14.3 Å². The topological polar surface area (TPSA) is 50.8 Å². The van der Waals surface area contributed by atoms with Crippen molar-refractivity contribution in [3.05, 3.63) is 0 Å². The fourth-order valence-electron chi connectivity index (χ4n) is 1.85. The molecular weight excluding hydrogens is 232 g/mol. The standard InChI is InChI=1S/C13H26N2O3/c1-10(2)15-6-7-17-11(9-15)8-14-12(16)18-13(3,4)5/h10-11H,6-9H2,1-5H3,(H,14,16)/t11-/m1/s1. The highest BCUT2D eigenvalue weighted by Gasteiger charge is 2.23. The van der Waals surface area contributed by atoms with Crippen LogP contribution in [0.4, 0.5) is 4.79 Å². The van der Waals surface area contributed by atoms with Gasteiger partial charge >= 0.3 is 6.09 Å². The summed E-state index contributed by atoms with van der Waals surface area (Å²) < 4.78 is 10.8. The summed E-state index contributed by atoms with van der Waals surface area (Å²) in [7, 11) is 0. The Bertz CT molecular complexity index is 274. The zero-order chi connectivity index (χ0) is 13.8. The first-order valence-corrected chi connectivity index (χ1v) is 6.60. The largest absolute Gasteiger partial charge is 0.444 e. The van der Waals surface area contributed by atoms with Gasteiger partial charge in [-0.2, -0.15) is 0 Å². The van der Waals surface area contributed by atoms with E-state index < -0.39 is 5.60 Å². The first kappa shape index (κ1) is 15.2. The van der Waals surface area contributed by atoms with Gasteiger partial charge in [0.05, 0.1) is 12.7 Å². The number of morpholine rings is 1. The molecular formula is C13H26N2O3. The van der Waals surface area contributed by atoms with E-state index in [9.17, 15) is 4.79 Å². The van der Waals surface area contributed by atoms with E-state index in [0.29, 0.717) is 12.6 Å². The lowest BCUT2D eigenvalue weighted by Gasteiger charge is -2.35. The number of nitrogens with one attached hydrogen (secondary N) is 1. The van der Waals surface area contributed by atoms with Crippen LogP contribution in [0.5, 0.6) is 0 Å². The van der Waals surface area contributed by atoms with Crippen LogP contribution in [0.2, 0.25) is 0 Å². The first-order valence-electron chi connectivity index (χ1n) is 6.60. The number of amides is 1. The molecule has 0 saturated carbocycles. The van der Waals surface area contributed by atoms with Gasteiger partial charge < -0.3 is 14.8 Å². The molecule has 0 aliphatic carbocycles. The van der Waals surface area contributed by atoms with Crippen LogP contribution in [0.15, 0.2) is 0 Å². The molecule has 0 bridgehead atoms. The zero-order valence-corrected chi connectivity index (χ0v) is 12.2. The SMILES string of the molecule is CC(C)N1CCO[C@H](CNC(=O)OC(C)(C)C)C1. The smallest absolute Gasteiger partial charge is 0.407 e. The number of ether oxygens (including phenoxy) is 2. The van der Waals surface area contributed by atoms with Crippen molar-refractivity contribution in [1.29, 1.82) is 0 Å². The highest BCUT2D eigenvalue weighted by molar-refractivity contribution is 5.67. The second kappa shape index (κ2) is 6.38. The molecule has 1 saturated heterocycles. The lowest BCUT2D eigenvalue weighted by Crippen LogP contribution is -2.50. The Kier molecular flexibility index (Phi) is 5.41. The van der Waals surface area contributed by atoms with Crippen molar-refractivity contribution in [1.82, 2.24) is 10.2 Å². The quantitative estimate of drug-likeness (QED) is 0.836. The molecule has 1 fully saturated rings. The van der Waals surface area contributed by atoms with Gasteiger partial charge in [-0.25, -0.2) is 4.79 Å². The second-order valence-corrected chi connectivity index (χ2v) is 5.96. The Labute approximate surface area is 110 Å². The monoisotopic (exact) mass is 258 g/mol. The molecule has 0 aromatic heterocycles. The molecule has 106 valence electrons. The molecule has 1 N–H and O–H groups in total. The van der Waals surface area contributed by atoms with Gasteiger partial charge in [0.15, 0.2) is 0 Å². The third-order valence-corrected chi connectivity index (χ3v) is 2.77. The van der Waals surface area contributed by atoms with Crippen molar-refractivity contribution in [2.75, 3.05) is 26.2 Å². The molecule has 1 rings (SSSR count). The average molecular weight is 258 g/mol. The molecule has 1 aliphatic rings. The third-order valence-electron chi connectivity index (χ3n) is 2.77. The summed E-state index contributed by atoms with van der Waals surface area (Å²) in [5, 5.41) is 2.76. The molecule has 5 nitrogen and oxygen atoms in total. The van der Waals surface area contributed by atoms with Crippen LogP contribution in [0.25, 0.3) is 0 Å². The molecule has 5 heteroatoms. The van der Waals surface area contributed by atoms with Crippen LogP contribution in [0.1, 0.15) is 34.6 Å². The minimum Gasteiger partial charge on any atom is -0.444 e. The zero-order valence-electron chi connectivity index (χ0n) is 12.2. The lowest BCUT2D eigenvalue weighted by atomic mass is 10.2. The summed E-state index contributed by atoms with van der Waals surface area (Å²) in [4.78, 5) is 13.9. The minimum atomic E-state index is -0.457. The molecule has 1 amide bonds. The van der Waals surface area contributed by atoms with Crippen molar-refractivity contribution in [2.24, 2.45) is 0 Å². The number of nitrogens with zero attached hydrogens (tertiary/aromatic N) is 1. The molecule has 1 aliphatic heterocycles. The maximum Gasteiger partial charge on any atom is 0.407 e. The Balaban J connectivity index is 2.28. The van der Waals surface area contributed by atoms with Crippen LogP contribution >= 0.6 is 0 Å². The molecule has 1 atom stereocenters. The van der Waals surface area contributed by atoms with Gasteiger partial charge in [-0.15, -0.1) is 0 Å². The second-order valence-electron chi connectivity index (χ2n) is 5.96. The van der Waals surface area contributed by atoms with E-state index in [1.54, 1.807) is 0 Å². The Morgan fingerprint density at radius 2 is 2.17 bits per heavy atom. The first-order chi connectivity index (χ1) is 8.28. The molecule has 0 aromatic rings. The maximum absolute atomic E-state index is 11.5. The average Bonchev–Trinajstić information content (AvgIpc) is 2.24. The fraction of sp³-hybridized carbons (Fsp3) is 0.923. The van der Waals surface area contributed by atoms with E-state index in [4.69, 9.17) is 9.47 Å². The van der Waals surface area contributed by atoms with Gasteiger partial charge in [0.2, 0.25) is 0 Å². The predicted octanol–water partition coefficient (Wildman–Crippen LogP) is 1.62. The van der Waals surface area contributed by atoms with Crippen LogP contribution in [-0.2, 0) is 9.47 Å². The van der Waals surface area contributed by atoms with Gasteiger partial charge in [0.1, 0.15) is 5.60 Å². The summed E-state index contributed by atoms with van der Waals surface area (Å²) in [6, 6.07) is 0.512. The number of carbonyl (C=O) groups is 1. The summed E-state index contributed by atoms with van der Waals surface area (Å²) >= 11 is 0. The molecule has 18 heavy (non-hydrogen) atoms. The van der Waals surface area contributed by atoms with E-state index in [1.165, 1.54) is 0 Å². The molecule has 0 unspecified atom stereocenters. The maximum atomic E-state index is 11.5. The predicted molar refractivity (Wildman–Crippen MR) is 70.7 cm³/mol. The van der Waals surface area contributed by atoms with Crippen LogP contribution in [0.3, 0.4) is 0 Å². The number of rotatable bonds is 3. The van der Waals surface area contributed by atoms with Crippen molar-refractivity contribution in [3.63, 3.8) is 0 Å². The number of hydrogen-bond acceptors (Lipinski definition) is 4. The van der Waals surface area contributed by atoms with E-state index in [0.717, 1.165) is 19.7 Å². The third kappa shape index (κ3) is 5.69. The van der Waals surface area contributed by atoms with Gasteiger partial charge in [0.25, 0.3) is 0 Å². The summed E-state index contributed by atoms with van der Waals surface area (Å²) in [5.41, 5.74) is -0.457. The van der Waals surface area contributed by atoms with Crippen LogP contribution < -0.4 is 5.32 Å². The lowest BCUT2D eigenvalue weighted by molar-refractivity contribution is -0.0381. The molecule has 0 spiro atoms. The van der Waals surface area contributed by atoms with Gasteiger partial charge in [-0.1, -0.05) is 0 Å². The van der Waals surface area contributed by atoms with E-state index in [-0.39, 0.29) is 12.2 Å². The summed E-state index contributed by atoms with van der Waals surface area (Å²) in [5.74, 6) is 0. The minimum absolute atomic E-state index is 0.0497. The van der Waals surface area contributed by atoms with Gasteiger partial charge in [0, 0.05) is 25.7 Å². The van der Waals surface area contributed by atoms with Crippen LogP contribution in [0, 0.1) is 0 Å². The van der Waals surface area contributed by atoms with E-state index in [2.05, 4.69) is 24.1 Å². The summed E-state index contributed by atoms with van der Waals surface area (Å²) in [6.07, 6.45) is -0.332. The molecule has 1 heterocycles. The Morgan fingerprint density at radius 3 is 2.72 bits per heavy atom. The van der Waals surface area contributed by atoms with Crippen molar-refractivity contribution >= 4 is 6.09 Å². The Morgan fingerprint density at radius 1 is 1.50 bits per heavy atom. The fourth-order valence-corrected chi connectivity index (χ4v) is 1.85. The number of hydrogen-bond donors (Lipinski definition) is 1. The van der Waals surface area contributed by atoms with Gasteiger partial charge in [-0.3, -0.25) is 4.90 Å². The molecule has 0 aromatic carbocycles.